The molecule has 0 aromatic heterocycles. The van der Waals surface area contributed by atoms with Crippen molar-refractivity contribution in [1.29, 1.82) is 0 Å². The average Bonchev–Trinajstić information content (AvgIpc) is 2.38. The Bertz CT molecular complexity index is 271. The molecule has 0 unspecified atom stereocenters. The predicted octanol–water partition coefficient (Wildman–Crippen LogP) is -0.148. The summed E-state index contributed by atoms with van der Waals surface area (Å²) >= 11 is 0. The molecule has 1 rings (SSSR count). The molecule has 2 amide bonds. The lowest BCUT2D eigenvalue weighted by molar-refractivity contribution is -0.131. The number of nitrogens with one attached hydrogen (secondary N) is 1. The van der Waals surface area contributed by atoms with E-state index in [1.54, 1.807) is 4.90 Å². The molecule has 1 fully saturated rings. The molecule has 0 radical (unpaired) electrons. The van der Waals surface area contributed by atoms with Crippen molar-refractivity contribution in [3.63, 3.8) is 0 Å². The van der Waals surface area contributed by atoms with Crippen molar-refractivity contribution in [3.05, 3.63) is 0 Å². The number of hydrogen-bond acceptors (Lipinski definition) is 3. The zero-order valence-electron chi connectivity index (χ0n) is 10.1. The molecule has 1 saturated heterocycles. The Kier molecular flexibility index (Phi) is 4.29. The quantitative estimate of drug-likeness (QED) is 0.704. The summed E-state index contributed by atoms with van der Waals surface area (Å²) in [6, 6.07) is 0. The van der Waals surface area contributed by atoms with E-state index in [0.717, 1.165) is 0 Å². The maximum Gasteiger partial charge on any atom is 0.222 e. The van der Waals surface area contributed by atoms with Gasteiger partial charge in [0.1, 0.15) is 0 Å². The highest BCUT2D eigenvalue weighted by molar-refractivity contribution is 5.80. The van der Waals surface area contributed by atoms with Gasteiger partial charge in [-0.15, -0.1) is 0 Å². The number of rotatable bonds is 3. The highest BCUT2D eigenvalue weighted by Crippen LogP contribution is 2.09. The monoisotopic (exact) mass is 227 g/mol. The van der Waals surface area contributed by atoms with E-state index in [-0.39, 0.29) is 17.4 Å². The third kappa shape index (κ3) is 4.61. The van der Waals surface area contributed by atoms with E-state index < -0.39 is 0 Å². The molecule has 0 aliphatic carbocycles. The summed E-state index contributed by atoms with van der Waals surface area (Å²) in [5.41, 5.74) is 5.52. The van der Waals surface area contributed by atoms with Gasteiger partial charge in [-0.3, -0.25) is 9.59 Å². The highest BCUT2D eigenvalue weighted by atomic mass is 16.2. The minimum absolute atomic E-state index is 0.0226. The van der Waals surface area contributed by atoms with E-state index in [2.05, 4.69) is 5.32 Å². The molecule has 0 spiro atoms. The fraction of sp³-hybridized carbons (Fsp3) is 0.818. The van der Waals surface area contributed by atoms with Crippen LogP contribution in [-0.4, -0.2) is 41.9 Å². The van der Waals surface area contributed by atoms with Gasteiger partial charge >= 0.3 is 0 Å². The lowest BCUT2D eigenvalue weighted by Gasteiger charge is -2.23. The van der Waals surface area contributed by atoms with Gasteiger partial charge in [0.2, 0.25) is 11.8 Å². The second-order valence-electron chi connectivity index (χ2n) is 4.97. The molecule has 92 valence electrons. The molecular weight excluding hydrogens is 206 g/mol. The van der Waals surface area contributed by atoms with Crippen molar-refractivity contribution in [1.82, 2.24) is 10.2 Å². The topological polar surface area (TPSA) is 75.4 Å². The standard InChI is InChI=1S/C11H21N3O2/c1-11(2,12)5-3-10(16)14-7-4-9(15)13-6-8-14/h3-8,12H2,1-2H3,(H,13,15). The molecule has 0 atom stereocenters. The van der Waals surface area contributed by atoms with E-state index in [1.165, 1.54) is 0 Å². The summed E-state index contributed by atoms with van der Waals surface area (Å²) in [6.07, 6.45) is 1.53. The van der Waals surface area contributed by atoms with Gasteiger partial charge in [0.15, 0.2) is 0 Å². The number of nitrogens with two attached hydrogens (primary N) is 1. The van der Waals surface area contributed by atoms with Crippen LogP contribution >= 0.6 is 0 Å². The summed E-state index contributed by atoms with van der Waals surface area (Å²) in [5, 5.41) is 2.74. The average molecular weight is 227 g/mol. The molecule has 3 N–H and O–H groups in total. The molecule has 1 heterocycles. The first-order valence-corrected chi connectivity index (χ1v) is 5.72. The number of carbonyl (C=O) groups is 2. The Labute approximate surface area is 96.4 Å². The fourth-order valence-corrected chi connectivity index (χ4v) is 1.60. The van der Waals surface area contributed by atoms with Crippen molar-refractivity contribution in [3.8, 4) is 0 Å². The van der Waals surface area contributed by atoms with Crippen LogP contribution in [0.25, 0.3) is 0 Å². The summed E-state index contributed by atoms with van der Waals surface area (Å²) in [5.74, 6) is 0.115. The zero-order valence-corrected chi connectivity index (χ0v) is 10.1. The van der Waals surface area contributed by atoms with E-state index >= 15 is 0 Å². The fourth-order valence-electron chi connectivity index (χ4n) is 1.60. The Hall–Kier alpha value is -1.10. The van der Waals surface area contributed by atoms with Crippen LogP contribution in [0.5, 0.6) is 0 Å². The molecule has 0 bridgehead atoms. The van der Waals surface area contributed by atoms with Crippen LogP contribution in [0.1, 0.15) is 33.1 Å². The third-order valence-electron chi connectivity index (χ3n) is 2.65. The Morgan fingerprint density at radius 1 is 1.50 bits per heavy atom. The number of hydrogen-bond donors (Lipinski definition) is 2. The van der Waals surface area contributed by atoms with Crippen LogP contribution in [0.3, 0.4) is 0 Å². The minimum atomic E-state index is -0.310. The van der Waals surface area contributed by atoms with Gasteiger partial charge in [-0.05, 0) is 20.3 Å². The van der Waals surface area contributed by atoms with Crippen LogP contribution < -0.4 is 11.1 Å². The number of carbonyl (C=O) groups excluding carboxylic acids is 2. The van der Waals surface area contributed by atoms with E-state index in [9.17, 15) is 9.59 Å². The zero-order chi connectivity index (χ0) is 12.2. The third-order valence-corrected chi connectivity index (χ3v) is 2.65. The van der Waals surface area contributed by atoms with Crippen molar-refractivity contribution in [2.45, 2.75) is 38.6 Å². The van der Waals surface area contributed by atoms with Crippen LogP contribution in [0.2, 0.25) is 0 Å². The molecule has 5 nitrogen and oxygen atoms in total. The first-order chi connectivity index (χ1) is 7.38. The van der Waals surface area contributed by atoms with Gasteiger partial charge in [0, 0.05) is 38.0 Å². The van der Waals surface area contributed by atoms with Gasteiger partial charge in [-0.1, -0.05) is 0 Å². The minimum Gasteiger partial charge on any atom is -0.354 e. The van der Waals surface area contributed by atoms with Crippen molar-refractivity contribution in [2.75, 3.05) is 19.6 Å². The molecular formula is C11H21N3O2. The summed E-state index contributed by atoms with van der Waals surface area (Å²) in [4.78, 5) is 24.7. The normalized spacial score (nSPS) is 17.9. The van der Waals surface area contributed by atoms with Crippen molar-refractivity contribution < 1.29 is 9.59 Å². The second kappa shape index (κ2) is 5.30. The highest BCUT2D eigenvalue weighted by Gasteiger charge is 2.20. The first kappa shape index (κ1) is 13.0. The van der Waals surface area contributed by atoms with Gasteiger partial charge in [0.25, 0.3) is 0 Å². The van der Waals surface area contributed by atoms with Crippen molar-refractivity contribution >= 4 is 11.8 Å². The van der Waals surface area contributed by atoms with Crippen molar-refractivity contribution in [2.24, 2.45) is 5.73 Å². The van der Waals surface area contributed by atoms with E-state index in [1.807, 2.05) is 13.8 Å². The van der Waals surface area contributed by atoms with Gasteiger partial charge in [0.05, 0.1) is 0 Å². The molecule has 0 aromatic rings. The van der Waals surface area contributed by atoms with Gasteiger partial charge in [-0.2, -0.15) is 0 Å². The summed E-state index contributed by atoms with van der Waals surface area (Å²) in [7, 11) is 0. The summed E-state index contributed by atoms with van der Waals surface area (Å²) in [6.45, 7) is 5.50. The SMILES string of the molecule is CC(C)(N)CCC(=O)N1CCNC(=O)CC1. The van der Waals surface area contributed by atoms with Crippen LogP contribution in [0.4, 0.5) is 0 Å². The van der Waals surface area contributed by atoms with Crippen LogP contribution in [0.15, 0.2) is 0 Å². The Morgan fingerprint density at radius 2 is 2.19 bits per heavy atom. The second-order valence-corrected chi connectivity index (χ2v) is 4.97. The lowest BCUT2D eigenvalue weighted by atomic mass is 10.00. The molecule has 1 aliphatic heterocycles. The molecule has 0 saturated carbocycles. The largest absolute Gasteiger partial charge is 0.354 e. The van der Waals surface area contributed by atoms with Gasteiger partial charge in [-0.25, -0.2) is 0 Å². The number of amides is 2. The maximum atomic E-state index is 11.8. The van der Waals surface area contributed by atoms with Crippen LogP contribution in [-0.2, 0) is 9.59 Å². The number of nitrogens with zero attached hydrogens (tertiary/aromatic N) is 1. The Balaban J connectivity index is 2.38. The maximum absolute atomic E-state index is 11.8. The summed E-state index contributed by atoms with van der Waals surface area (Å²) < 4.78 is 0. The molecule has 5 heteroatoms. The molecule has 1 aliphatic rings. The van der Waals surface area contributed by atoms with E-state index in [0.29, 0.717) is 38.9 Å². The van der Waals surface area contributed by atoms with Gasteiger partial charge < -0.3 is 16.0 Å². The molecule has 16 heavy (non-hydrogen) atoms. The Morgan fingerprint density at radius 3 is 2.81 bits per heavy atom. The first-order valence-electron chi connectivity index (χ1n) is 5.72. The van der Waals surface area contributed by atoms with E-state index in [4.69, 9.17) is 5.73 Å². The lowest BCUT2D eigenvalue weighted by Crippen LogP contribution is -2.37. The van der Waals surface area contributed by atoms with Crippen LogP contribution in [0, 0.1) is 0 Å². The molecule has 0 aromatic carbocycles. The smallest absolute Gasteiger partial charge is 0.222 e. The predicted molar refractivity (Wildman–Crippen MR) is 61.7 cm³/mol.